The molecule has 1 fully saturated rings. The number of hydrogen-bond acceptors (Lipinski definition) is 6. The first-order chi connectivity index (χ1) is 16.4. The minimum Gasteiger partial charge on any atom is -0.493 e. The van der Waals surface area contributed by atoms with Crippen molar-refractivity contribution in [3.63, 3.8) is 0 Å². The Morgan fingerprint density at radius 1 is 0.853 bits per heavy atom. The van der Waals surface area contributed by atoms with E-state index < -0.39 is 5.91 Å². The van der Waals surface area contributed by atoms with Gasteiger partial charge in [-0.25, -0.2) is 0 Å². The highest BCUT2D eigenvalue weighted by molar-refractivity contribution is 7.80. The highest BCUT2D eigenvalue weighted by atomic mass is 32.1. The molecule has 0 spiro atoms. The molecule has 1 aliphatic carbocycles. The van der Waals surface area contributed by atoms with Gasteiger partial charge in [-0.15, -0.1) is 0 Å². The fourth-order valence-corrected chi connectivity index (χ4v) is 4.22. The molecule has 9 heteroatoms. The Hall–Kier alpha value is -3.33. The smallest absolute Gasteiger partial charge is 0.257 e. The molecular formula is C25H31N3O5S. The van der Waals surface area contributed by atoms with Crippen LogP contribution >= 0.6 is 12.2 Å². The van der Waals surface area contributed by atoms with Crippen molar-refractivity contribution in [3.8, 4) is 17.2 Å². The lowest BCUT2D eigenvalue weighted by atomic mass is 9.99. The molecule has 1 aliphatic rings. The zero-order chi connectivity index (χ0) is 24.5. The maximum atomic E-state index is 12.7. The molecule has 182 valence electrons. The zero-order valence-electron chi connectivity index (χ0n) is 19.7. The Morgan fingerprint density at radius 2 is 1.44 bits per heavy atom. The van der Waals surface area contributed by atoms with E-state index in [4.69, 9.17) is 26.4 Å². The molecule has 0 radical (unpaired) electrons. The molecule has 0 heterocycles. The summed E-state index contributed by atoms with van der Waals surface area (Å²) in [5, 5.41) is 8.76. The van der Waals surface area contributed by atoms with Crippen LogP contribution in [0.15, 0.2) is 36.4 Å². The van der Waals surface area contributed by atoms with Crippen LogP contribution in [-0.2, 0) is 4.79 Å². The van der Waals surface area contributed by atoms with Crippen molar-refractivity contribution in [1.82, 2.24) is 5.32 Å². The van der Waals surface area contributed by atoms with Crippen molar-refractivity contribution in [3.05, 3.63) is 42.0 Å². The van der Waals surface area contributed by atoms with Gasteiger partial charge in [0.15, 0.2) is 16.6 Å². The van der Waals surface area contributed by atoms with Crippen molar-refractivity contribution < 1.29 is 23.8 Å². The SMILES string of the molecule is COc1cc(C(=O)NC(=S)Nc2cccc(NC(=O)C3CCCCCC3)c2)cc(OC)c1OC. The van der Waals surface area contributed by atoms with Crippen molar-refractivity contribution >= 4 is 40.5 Å². The highest BCUT2D eigenvalue weighted by Gasteiger charge is 2.20. The van der Waals surface area contributed by atoms with Gasteiger partial charge < -0.3 is 24.8 Å². The molecule has 3 N–H and O–H groups in total. The summed E-state index contributed by atoms with van der Waals surface area (Å²) in [5.74, 6) is 0.792. The average Bonchev–Trinajstić information content (AvgIpc) is 3.13. The molecule has 0 bridgehead atoms. The summed E-state index contributed by atoms with van der Waals surface area (Å²) < 4.78 is 15.9. The number of amides is 2. The minimum absolute atomic E-state index is 0.0531. The third-order valence-corrected chi connectivity index (χ3v) is 5.97. The molecule has 8 nitrogen and oxygen atoms in total. The number of benzene rings is 2. The third kappa shape index (κ3) is 6.60. The second-order valence-electron chi connectivity index (χ2n) is 8.08. The normalized spacial score (nSPS) is 13.9. The van der Waals surface area contributed by atoms with E-state index in [1.165, 1.54) is 34.2 Å². The molecule has 0 saturated heterocycles. The summed E-state index contributed by atoms with van der Waals surface area (Å²) in [5.41, 5.74) is 1.62. The van der Waals surface area contributed by atoms with Crippen LogP contribution < -0.4 is 30.2 Å². The fraction of sp³-hybridized carbons (Fsp3) is 0.400. The summed E-state index contributed by atoms with van der Waals surface area (Å²) in [6.45, 7) is 0. The van der Waals surface area contributed by atoms with E-state index in [1.54, 1.807) is 24.3 Å². The summed E-state index contributed by atoms with van der Waals surface area (Å²) in [6.07, 6.45) is 6.45. The quantitative estimate of drug-likeness (QED) is 0.385. The Balaban J connectivity index is 1.63. The van der Waals surface area contributed by atoms with Gasteiger partial charge in [0.05, 0.1) is 21.3 Å². The number of ether oxygens (including phenoxy) is 3. The van der Waals surface area contributed by atoms with Crippen LogP contribution in [-0.4, -0.2) is 38.3 Å². The van der Waals surface area contributed by atoms with Gasteiger partial charge in [0.2, 0.25) is 11.7 Å². The fourth-order valence-electron chi connectivity index (χ4n) is 4.01. The Bertz CT molecular complexity index is 1010. The summed E-state index contributed by atoms with van der Waals surface area (Å²) in [6, 6.07) is 10.3. The molecular weight excluding hydrogens is 454 g/mol. The van der Waals surface area contributed by atoms with E-state index in [0.29, 0.717) is 34.2 Å². The first kappa shape index (κ1) is 25.3. The zero-order valence-corrected chi connectivity index (χ0v) is 20.6. The number of anilines is 2. The van der Waals surface area contributed by atoms with Crippen LogP contribution in [0.4, 0.5) is 11.4 Å². The molecule has 2 amide bonds. The predicted octanol–water partition coefficient (Wildman–Crippen LogP) is 4.75. The second-order valence-corrected chi connectivity index (χ2v) is 8.49. The molecule has 2 aromatic rings. The van der Waals surface area contributed by atoms with Crippen molar-refractivity contribution in [2.45, 2.75) is 38.5 Å². The van der Waals surface area contributed by atoms with E-state index in [9.17, 15) is 9.59 Å². The Kier molecular flexibility index (Phi) is 9.09. The number of rotatable bonds is 7. The first-order valence-corrected chi connectivity index (χ1v) is 11.7. The monoisotopic (exact) mass is 485 g/mol. The number of carbonyl (C=O) groups is 2. The molecule has 2 aromatic carbocycles. The first-order valence-electron chi connectivity index (χ1n) is 11.3. The van der Waals surface area contributed by atoms with Crippen LogP contribution in [0.3, 0.4) is 0 Å². The highest BCUT2D eigenvalue weighted by Crippen LogP contribution is 2.38. The van der Waals surface area contributed by atoms with Crippen LogP contribution in [0.25, 0.3) is 0 Å². The third-order valence-electron chi connectivity index (χ3n) is 5.77. The summed E-state index contributed by atoms with van der Waals surface area (Å²) >= 11 is 5.31. The molecule has 0 aromatic heterocycles. The standard InChI is InChI=1S/C25H31N3O5S/c1-31-20-13-17(14-21(32-2)22(20)33-3)24(30)28-25(34)27-19-12-8-11-18(15-19)26-23(29)16-9-6-4-5-7-10-16/h8,11-16H,4-7,9-10H2,1-3H3,(H,26,29)(H2,27,28,30,34). The van der Waals surface area contributed by atoms with Gasteiger partial charge in [0.1, 0.15) is 0 Å². The number of hydrogen-bond donors (Lipinski definition) is 3. The van der Waals surface area contributed by atoms with Crippen molar-refractivity contribution in [2.24, 2.45) is 5.92 Å². The lowest BCUT2D eigenvalue weighted by Crippen LogP contribution is -2.34. The van der Waals surface area contributed by atoms with Gasteiger partial charge in [0.25, 0.3) is 5.91 Å². The largest absolute Gasteiger partial charge is 0.493 e. The van der Waals surface area contributed by atoms with Gasteiger partial charge in [-0.3, -0.25) is 14.9 Å². The lowest BCUT2D eigenvalue weighted by molar-refractivity contribution is -0.120. The molecule has 0 atom stereocenters. The Labute approximate surface area is 205 Å². The number of methoxy groups -OCH3 is 3. The van der Waals surface area contributed by atoms with Gasteiger partial charge in [-0.05, 0) is 55.4 Å². The van der Waals surface area contributed by atoms with Gasteiger partial charge in [0, 0.05) is 22.9 Å². The molecule has 1 saturated carbocycles. The maximum Gasteiger partial charge on any atom is 0.257 e. The van der Waals surface area contributed by atoms with Crippen LogP contribution in [0.5, 0.6) is 17.2 Å². The number of carbonyl (C=O) groups excluding carboxylic acids is 2. The topological polar surface area (TPSA) is 97.9 Å². The Morgan fingerprint density at radius 3 is 2.00 bits per heavy atom. The van der Waals surface area contributed by atoms with Gasteiger partial charge >= 0.3 is 0 Å². The van der Waals surface area contributed by atoms with Crippen LogP contribution in [0.1, 0.15) is 48.9 Å². The van der Waals surface area contributed by atoms with Crippen LogP contribution in [0, 0.1) is 5.92 Å². The number of nitrogens with one attached hydrogen (secondary N) is 3. The van der Waals surface area contributed by atoms with Gasteiger partial charge in [-0.2, -0.15) is 0 Å². The minimum atomic E-state index is -0.436. The molecule has 0 aliphatic heterocycles. The van der Waals surface area contributed by atoms with E-state index in [2.05, 4.69) is 16.0 Å². The van der Waals surface area contributed by atoms with Crippen LogP contribution in [0.2, 0.25) is 0 Å². The number of thiocarbonyl (C=S) groups is 1. The average molecular weight is 486 g/mol. The van der Waals surface area contributed by atoms with E-state index in [1.807, 2.05) is 12.1 Å². The van der Waals surface area contributed by atoms with E-state index in [-0.39, 0.29) is 16.9 Å². The van der Waals surface area contributed by atoms with Crippen molar-refractivity contribution in [2.75, 3.05) is 32.0 Å². The van der Waals surface area contributed by atoms with E-state index >= 15 is 0 Å². The predicted molar refractivity (Wildman–Crippen MR) is 136 cm³/mol. The maximum absolute atomic E-state index is 12.7. The summed E-state index contributed by atoms with van der Waals surface area (Å²) in [4.78, 5) is 25.4. The van der Waals surface area contributed by atoms with Gasteiger partial charge in [-0.1, -0.05) is 31.7 Å². The summed E-state index contributed by atoms with van der Waals surface area (Å²) in [7, 11) is 4.45. The molecule has 0 unspecified atom stereocenters. The second kappa shape index (κ2) is 12.2. The lowest BCUT2D eigenvalue weighted by Gasteiger charge is -2.16. The van der Waals surface area contributed by atoms with Crippen molar-refractivity contribution in [1.29, 1.82) is 0 Å². The van der Waals surface area contributed by atoms with E-state index in [0.717, 1.165) is 25.7 Å². The molecule has 3 rings (SSSR count). The molecule has 34 heavy (non-hydrogen) atoms.